The summed E-state index contributed by atoms with van der Waals surface area (Å²) in [6.45, 7) is 8.16. The van der Waals surface area contributed by atoms with E-state index in [0.29, 0.717) is 52.1 Å². The lowest BCUT2D eigenvalue weighted by Crippen LogP contribution is -2.58. The molecule has 0 unspecified atom stereocenters. The number of halogens is 1. The molecule has 0 radical (unpaired) electrons. The number of amides is 1. The monoisotopic (exact) mass is 552 g/mol. The molecule has 7 rings (SSSR count). The summed E-state index contributed by atoms with van der Waals surface area (Å²) >= 11 is 0. The number of aromatic nitrogens is 7. The van der Waals surface area contributed by atoms with E-state index in [9.17, 15) is 4.79 Å². The fraction of sp³-hybridized carbons (Fsp3) is 0.250. The first-order valence-corrected chi connectivity index (χ1v) is 13.1. The van der Waals surface area contributed by atoms with Crippen molar-refractivity contribution in [2.45, 2.75) is 13.3 Å². The SMILES string of the molecule is C=CC(=O)N1CCC2(C1)CN(c1ncc3ncnc(Nc4ccc(Oc5ccn6ncnc6c5)c(C)c4F)c3n1)C2. The van der Waals surface area contributed by atoms with Crippen molar-refractivity contribution in [3.8, 4) is 11.5 Å². The number of rotatable bonds is 6. The Kier molecular flexibility index (Phi) is 5.73. The first kappa shape index (κ1) is 24.8. The molecule has 4 aromatic heterocycles. The van der Waals surface area contributed by atoms with Crippen LogP contribution in [0.25, 0.3) is 16.7 Å². The van der Waals surface area contributed by atoms with Gasteiger partial charge in [0.25, 0.3) is 0 Å². The van der Waals surface area contributed by atoms with Crippen LogP contribution >= 0.6 is 0 Å². The smallest absolute Gasteiger partial charge is 0.245 e. The van der Waals surface area contributed by atoms with Gasteiger partial charge in [-0.3, -0.25) is 4.79 Å². The van der Waals surface area contributed by atoms with Gasteiger partial charge in [-0.05, 0) is 37.6 Å². The maximum absolute atomic E-state index is 15.5. The lowest BCUT2D eigenvalue weighted by atomic mass is 9.79. The summed E-state index contributed by atoms with van der Waals surface area (Å²) in [7, 11) is 0. The van der Waals surface area contributed by atoms with Crippen molar-refractivity contribution in [3.05, 3.63) is 73.3 Å². The minimum Gasteiger partial charge on any atom is -0.457 e. The van der Waals surface area contributed by atoms with E-state index in [1.54, 1.807) is 48.1 Å². The molecule has 1 spiro atoms. The van der Waals surface area contributed by atoms with Gasteiger partial charge < -0.3 is 19.9 Å². The summed E-state index contributed by atoms with van der Waals surface area (Å²) in [6.07, 6.45) is 8.50. The molecule has 206 valence electrons. The van der Waals surface area contributed by atoms with Gasteiger partial charge in [-0.25, -0.2) is 33.8 Å². The summed E-state index contributed by atoms with van der Waals surface area (Å²) in [5, 5.41) is 7.14. The Balaban J connectivity index is 1.11. The van der Waals surface area contributed by atoms with Gasteiger partial charge in [0.15, 0.2) is 17.3 Å². The normalized spacial score (nSPS) is 15.9. The summed E-state index contributed by atoms with van der Waals surface area (Å²) < 4.78 is 23.1. The summed E-state index contributed by atoms with van der Waals surface area (Å²) in [5.41, 5.74) is 2.23. The molecule has 0 saturated carbocycles. The summed E-state index contributed by atoms with van der Waals surface area (Å²) in [4.78, 5) is 37.9. The molecule has 41 heavy (non-hydrogen) atoms. The molecule has 0 atom stereocenters. The van der Waals surface area contributed by atoms with E-state index in [1.807, 2.05) is 4.90 Å². The molecular formula is C28H25FN10O2. The molecule has 1 aromatic carbocycles. The van der Waals surface area contributed by atoms with Crippen molar-refractivity contribution in [2.24, 2.45) is 5.41 Å². The Hall–Kier alpha value is -5.20. The Morgan fingerprint density at radius 3 is 2.88 bits per heavy atom. The van der Waals surface area contributed by atoms with Crippen LogP contribution in [0.2, 0.25) is 0 Å². The Morgan fingerprint density at radius 2 is 2.02 bits per heavy atom. The van der Waals surface area contributed by atoms with Crippen LogP contribution in [0.15, 0.2) is 62.0 Å². The van der Waals surface area contributed by atoms with E-state index in [1.165, 1.54) is 18.7 Å². The largest absolute Gasteiger partial charge is 0.457 e. The third-order valence-corrected chi connectivity index (χ3v) is 7.69. The van der Waals surface area contributed by atoms with Crippen molar-refractivity contribution in [2.75, 3.05) is 36.4 Å². The Bertz CT molecular complexity index is 1830. The van der Waals surface area contributed by atoms with Crippen LogP contribution in [-0.2, 0) is 4.79 Å². The lowest BCUT2D eigenvalue weighted by Gasteiger charge is -2.47. The summed E-state index contributed by atoms with van der Waals surface area (Å²) in [5.74, 6) is 1.29. The highest BCUT2D eigenvalue weighted by molar-refractivity contribution is 5.88. The van der Waals surface area contributed by atoms with Gasteiger partial charge in [-0.2, -0.15) is 5.10 Å². The fourth-order valence-corrected chi connectivity index (χ4v) is 5.49. The van der Waals surface area contributed by atoms with E-state index in [0.717, 1.165) is 26.1 Å². The molecule has 5 aromatic rings. The zero-order valence-electron chi connectivity index (χ0n) is 22.2. The molecule has 6 heterocycles. The summed E-state index contributed by atoms with van der Waals surface area (Å²) in [6, 6.07) is 6.75. The van der Waals surface area contributed by atoms with Crippen molar-refractivity contribution < 1.29 is 13.9 Å². The topological polar surface area (TPSA) is 127 Å². The number of carbonyl (C=O) groups is 1. The predicted molar refractivity (Wildman–Crippen MR) is 149 cm³/mol. The van der Waals surface area contributed by atoms with Gasteiger partial charge in [-0.1, -0.05) is 6.58 Å². The highest BCUT2D eigenvalue weighted by atomic mass is 19.1. The van der Waals surface area contributed by atoms with E-state index in [2.05, 4.69) is 41.8 Å². The lowest BCUT2D eigenvalue weighted by molar-refractivity contribution is -0.125. The number of nitrogens with zero attached hydrogens (tertiary/aromatic N) is 9. The van der Waals surface area contributed by atoms with Crippen LogP contribution in [0.4, 0.5) is 21.8 Å². The van der Waals surface area contributed by atoms with Gasteiger partial charge in [0.1, 0.15) is 35.2 Å². The minimum atomic E-state index is -0.475. The van der Waals surface area contributed by atoms with E-state index >= 15 is 4.39 Å². The van der Waals surface area contributed by atoms with Crippen LogP contribution in [0.3, 0.4) is 0 Å². The number of anilines is 3. The average molecular weight is 553 g/mol. The molecule has 12 nitrogen and oxygen atoms in total. The number of fused-ring (bicyclic) bond motifs is 2. The van der Waals surface area contributed by atoms with Crippen molar-refractivity contribution in [1.82, 2.24) is 39.4 Å². The number of carbonyl (C=O) groups excluding carboxylic acids is 1. The quantitative estimate of drug-likeness (QED) is 0.312. The predicted octanol–water partition coefficient (Wildman–Crippen LogP) is 3.67. The second-order valence-electron chi connectivity index (χ2n) is 10.4. The molecule has 0 aliphatic carbocycles. The number of likely N-dealkylation sites (tertiary alicyclic amines) is 1. The Morgan fingerprint density at radius 1 is 1.15 bits per heavy atom. The van der Waals surface area contributed by atoms with Crippen LogP contribution in [-0.4, -0.2) is 71.5 Å². The molecule has 13 heteroatoms. The van der Waals surface area contributed by atoms with E-state index in [-0.39, 0.29) is 17.0 Å². The van der Waals surface area contributed by atoms with Crippen LogP contribution in [0.5, 0.6) is 11.5 Å². The van der Waals surface area contributed by atoms with Crippen LogP contribution < -0.4 is 15.0 Å². The maximum Gasteiger partial charge on any atom is 0.245 e. The zero-order valence-corrected chi connectivity index (χ0v) is 22.2. The zero-order chi connectivity index (χ0) is 28.1. The second-order valence-corrected chi connectivity index (χ2v) is 10.4. The minimum absolute atomic E-state index is 0.0365. The number of pyridine rings is 1. The molecule has 0 bridgehead atoms. The molecule has 1 N–H and O–H groups in total. The first-order chi connectivity index (χ1) is 19.9. The number of hydrogen-bond donors (Lipinski definition) is 1. The van der Waals surface area contributed by atoms with Crippen molar-refractivity contribution >= 4 is 40.0 Å². The molecule has 2 aliphatic heterocycles. The second kappa shape index (κ2) is 9.47. The Labute approximate surface area is 233 Å². The van der Waals surface area contributed by atoms with Crippen LogP contribution in [0, 0.1) is 18.2 Å². The number of nitrogens with one attached hydrogen (secondary N) is 1. The van der Waals surface area contributed by atoms with E-state index in [4.69, 9.17) is 9.72 Å². The van der Waals surface area contributed by atoms with E-state index < -0.39 is 5.82 Å². The third-order valence-electron chi connectivity index (χ3n) is 7.69. The molecule has 1 amide bonds. The number of ether oxygens (including phenoxy) is 1. The van der Waals surface area contributed by atoms with Gasteiger partial charge in [0.05, 0.1) is 11.9 Å². The van der Waals surface area contributed by atoms with Crippen LogP contribution in [0.1, 0.15) is 12.0 Å². The van der Waals surface area contributed by atoms with Gasteiger partial charge in [-0.15, -0.1) is 0 Å². The number of hydrogen-bond acceptors (Lipinski definition) is 10. The molecule has 2 aliphatic rings. The standard InChI is InChI=1S/C28H25FN10O2/c1-3-23(40)37-9-7-28(12-37)13-38(14-28)27-30-11-20-25(36-27)26(33-15-31-20)35-19-4-5-21(17(2)24(19)29)41-18-6-8-39-22(10-18)32-16-34-39/h3-6,8,10-11,15-16H,1,7,9,12-14H2,2H3,(H,31,33,35). The van der Waals surface area contributed by atoms with Crippen molar-refractivity contribution in [1.29, 1.82) is 0 Å². The molecular weight excluding hydrogens is 527 g/mol. The fourth-order valence-electron chi connectivity index (χ4n) is 5.49. The van der Waals surface area contributed by atoms with Gasteiger partial charge >= 0.3 is 0 Å². The van der Waals surface area contributed by atoms with Gasteiger partial charge in [0, 0.05) is 49.4 Å². The third kappa shape index (κ3) is 4.35. The highest BCUT2D eigenvalue weighted by Gasteiger charge is 2.49. The maximum atomic E-state index is 15.5. The first-order valence-electron chi connectivity index (χ1n) is 13.1. The highest BCUT2D eigenvalue weighted by Crippen LogP contribution is 2.41. The van der Waals surface area contributed by atoms with Crippen molar-refractivity contribution in [3.63, 3.8) is 0 Å². The van der Waals surface area contributed by atoms with Gasteiger partial charge in [0.2, 0.25) is 11.9 Å². The number of benzene rings is 1. The average Bonchev–Trinajstić information content (AvgIpc) is 3.63. The molecule has 2 saturated heterocycles. The molecule has 2 fully saturated rings.